The van der Waals surface area contributed by atoms with Crippen molar-refractivity contribution >= 4 is 40.2 Å². The van der Waals surface area contributed by atoms with Crippen molar-refractivity contribution < 1.29 is 9.32 Å². The zero-order valence-corrected chi connectivity index (χ0v) is 14.2. The monoisotopic (exact) mass is 355 g/mol. The maximum absolute atomic E-state index is 12.1. The number of nitrogens with one attached hydrogen (secondary N) is 1. The van der Waals surface area contributed by atoms with Crippen molar-refractivity contribution in [2.45, 2.75) is 19.0 Å². The predicted molar refractivity (Wildman–Crippen MR) is 91.4 cm³/mol. The molecule has 9 nitrogen and oxygen atoms in total. The van der Waals surface area contributed by atoms with E-state index in [4.69, 9.17) is 4.52 Å². The van der Waals surface area contributed by atoms with Crippen LogP contribution in [0.3, 0.4) is 0 Å². The van der Waals surface area contributed by atoms with Crippen molar-refractivity contribution in [2.75, 3.05) is 11.1 Å². The average Bonchev–Trinajstić information content (AvgIpc) is 3.18. The number of thioether (sulfide) groups is 1. The summed E-state index contributed by atoms with van der Waals surface area (Å²) in [7, 11) is 0. The molecule has 3 aromatic heterocycles. The number of aryl methyl sites for hydroxylation is 2. The Hall–Kier alpha value is -3.01. The summed E-state index contributed by atoms with van der Waals surface area (Å²) in [5, 5.41) is 12.1. The van der Waals surface area contributed by atoms with Crippen LogP contribution >= 0.6 is 11.8 Å². The lowest BCUT2D eigenvalue weighted by atomic mass is 10.2. The maximum Gasteiger partial charge on any atom is 0.328 e. The SMILES string of the molecule is Cc1noc(NC(=O)CSc2nc3ccccc3c3nc(C)nn23)n1. The fourth-order valence-corrected chi connectivity index (χ4v) is 3.10. The first-order chi connectivity index (χ1) is 12.1. The third kappa shape index (κ3) is 3.03. The molecule has 126 valence electrons. The molecule has 0 aliphatic rings. The highest BCUT2D eigenvalue weighted by Crippen LogP contribution is 2.23. The maximum atomic E-state index is 12.1. The van der Waals surface area contributed by atoms with Crippen molar-refractivity contribution in [3.63, 3.8) is 0 Å². The molecule has 0 fully saturated rings. The Morgan fingerprint density at radius 2 is 2.04 bits per heavy atom. The van der Waals surface area contributed by atoms with Gasteiger partial charge in [-0.1, -0.05) is 29.1 Å². The number of fused-ring (bicyclic) bond motifs is 3. The van der Waals surface area contributed by atoms with Crippen LogP contribution in [0.1, 0.15) is 11.6 Å². The molecule has 4 rings (SSSR count). The van der Waals surface area contributed by atoms with E-state index in [0.717, 1.165) is 16.6 Å². The molecule has 0 aliphatic carbocycles. The molecule has 1 aromatic carbocycles. The van der Waals surface area contributed by atoms with Crippen LogP contribution in [-0.2, 0) is 4.79 Å². The van der Waals surface area contributed by atoms with Gasteiger partial charge >= 0.3 is 6.01 Å². The van der Waals surface area contributed by atoms with Gasteiger partial charge in [-0.25, -0.2) is 9.97 Å². The van der Waals surface area contributed by atoms with Gasteiger partial charge in [0, 0.05) is 5.39 Å². The molecule has 3 heterocycles. The van der Waals surface area contributed by atoms with Crippen LogP contribution < -0.4 is 5.32 Å². The summed E-state index contributed by atoms with van der Waals surface area (Å²) in [6, 6.07) is 7.78. The summed E-state index contributed by atoms with van der Waals surface area (Å²) < 4.78 is 6.53. The predicted octanol–water partition coefficient (Wildman–Crippen LogP) is 2.01. The second-order valence-electron chi connectivity index (χ2n) is 5.29. The third-order valence-electron chi connectivity index (χ3n) is 3.36. The Kier molecular flexibility index (Phi) is 3.80. The minimum Gasteiger partial charge on any atom is -0.315 e. The van der Waals surface area contributed by atoms with Crippen molar-refractivity contribution in [1.82, 2.24) is 29.7 Å². The summed E-state index contributed by atoms with van der Waals surface area (Å²) in [5.74, 6) is 0.958. The first kappa shape index (κ1) is 15.5. The van der Waals surface area contributed by atoms with Gasteiger partial charge in [-0.15, -0.1) is 5.10 Å². The van der Waals surface area contributed by atoms with E-state index in [1.54, 1.807) is 11.4 Å². The number of hydrogen-bond donors (Lipinski definition) is 1. The summed E-state index contributed by atoms with van der Waals surface area (Å²) in [6.07, 6.45) is 0. The number of amides is 1. The summed E-state index contributed by atoms with van der Waals surface area (Å²) in [6.45, 7) is 3.50. The van der Waals surface area contributed by atoms with Crippen molar-refractivity contribution in [3.05, 3.63) is 35.9 Å². The van der Waals surface area contributed by atoms with E-state index in [-0.39, 0.29) is 17.7 Å². The molecule has 1 N–H and O–H groups in total. The van der Waals surface area contributed by atoms with Crippen LogP contribution in [0.15, 0.2) is 33.9 Å². The zero-order valence-electron chi connectivity index (χ0n) is 13.4. The van der Waals surface area contributed by atoms with E-state index in [2.05, 4.69) is 30.5 Å². The number of hydrogen-bond acceptors (Lipinski definition) is 8. The van der Waals surface area contributed by atoms with Crippen molar-refractivity contribution in [3.8, 4) is 0 Å². The number of nitrogens with zero attached hydrogens (tertiary/aromatic N) is 6. The van der Waals surface area contributed by atoms with Gasteiger partial charge in [0.05, 0.1) is 11.3 Å². The fourth-order valence-electron chi connectivity index (χ4n) is 2.36. The van der Waals surface area contributed by atoms with Crippen LogP contribution in [0.5, 0.6) is 0 Å². The van der Waals surface area contributed by atoms with Crippen LogP contribution in [0, 0.1) is 13.8 Å². The molecule has 0 saturated carbocycles. The van der Waals surface area contributed by atoms with E-state index >= 15 is 0 Å². The van der Waals surface area contributed by atoms with E-state index in [1.807, 2.05) is 31.2 Å². The number of anilines is 1. The van der Waals surface area contributed by atoms with E-state index in [9.17, 15) is 4.79 Å². The molecule has 25 heavy (non-hydrogen) atoms. The van der Waals surface area contributed by atoms with E-state index in [1.165, 1.54) is 11.8 Å². The molecule has 0 spiro atoms. The van der Waals surface area contributed by atoms with Gasteiger partial charge in [-0.2, -0.15) is 9.50 Å². The topological polar surface area (TPSA) is 111 Å². The Balaban J connectivity index is 1.60. The number of carbonyl (C=O) groups is 1. The van der Waals surface area contributed by atoms with Gasteiger partial charge < -0.3 is 4.52 Å². The molecule has 0 aliphatic heterocycles. The Bertz CT molecular complexity index is 1090. The van der Waals surface area contributed by atoms with Gasteiger partial charge in [0.2, 0.25) is 5.91 Å². The van der Waals surface area contributed by atoms with Gasteiger partial charge in [-0.05, 0) is 26.0 Å². The molecule has 0 atom stereocenters. The first-order valence-corrected chi connectivity index (χ1v) is 8.44. The summed E-state index contributed by atoms with van der Waals surface area (Å²) in [4.78, 5) is 25.1. The highest BCUT2D eigenvalue weighted by atomic mass is 32.2. The highest BCUT2D eigenvalue weighted by molar-refractivity contribution is 7.99. The summed E-state index contributed by atoms with van der Waals surface area (Å²) in [5.41, 5.74) is 1.52. The standard InChI is InChI=1S/C15H13N7O2S/c1-8-16-13-10-5-3-4-6-11(10)18-15(22(13)20-8)25-7-12(23)19-14-17-9(2)21-24-14/h3-6H,7H2,1-2H3,(H,17,19,21,23). The lowest BCUT2D eigenvalue weighted by molar-refractivity contribution is -0.114. The number of carbonyl (C=O) groups excluding carboxylic acids is 1. The van der Waals surface area contributed by atoms with Crippen LogP contribution in [0.2, 0.25) is 0 Å². The largest absolute Gasteiger partial charge is 0.328 e. The Morgan fingerprint density at radius 1 is 1.20 bits per heavy atom. The third-order valence-corrected chi connectivity index (χ3v) is 4.29. The molecule has 0 unspecified atom stereocenters. The van der Waals surface area contributed by atoms with E-state index < -0.39 is 0 Å². The summed E-state index contributed by atoms with van der Waals surface area (Å²) >= 11 is 1.26. The van der Waals surface area contributed by atoms with Gasteiger partial charge in [-0.3, -0.25) is 10.1 Å². The van der Waals surface area contributed by atoms with Gasteiger partial charge in [0.15, 0.2) is 16.6 Å². The lowest BCUT2D eigenvalue weighted by Gasteiger charge is -2.05. The van der Waals surface area contributed by atoms with Crippen LogP contribution in [-0.4, -0.2) is 41.4 Å². The Morgan fingerprint density at radius 3 is 2.84 bits per heavy atom. The number of aromatic nitrogens is 6. The second kappa shape index (κ2) is 6.13. The molecule has 0 bridgehead atoms. The quantitative estimate of drug-likeness (QED) is 0.437. The smallest absolute Gasteiger partial charge is 0.315 e. The molecule has 0 radical (unpaired) electrons. The van der Waals surface area contributed by atoms with Crippen LogP contribution in [0.4, 0.5) is 6.01 Å². The number of benzene rings is 1. The normalized spacial score (nSPS) is 11.3. The number of rotatable bonds is 4. The van der Waals surface area contributed by atoms with Crippen molar-refractivity contribution in [2.24, 2.45) is 0 Å². The van der Waals surface area contributed by atoms with Gasteiger partial charge in [0.25, 0.3) is 0 Å². The van der Waals surface area contributed by atoms with Crippen LogP contribution in [0.25, 0.3) is 16.6 Å². The molecule has 10 heteroatoms. The second-order valence-corrected chi connectivity index (χ2v) is 6.23. The first-order valence-electron chi connectivity index (χ1n) is 7.45. The molecule has 1 amide bonds. The molecular formula is C15H13N7O2S. The minimum atomic E-state index is -0.270. The average molecular weight is 355 g/mol. The number of para-hydroxylation sites is 1. The molecule has 4 aromatic rings. The minimum absolute atomic E-state index is 0.0799. The lowest BCUT2D eigenvalue weighted by Crippen LogP contribution is -2.15. The zero-order chi connectivity index (χ0) is 17.4. The Labute approximate surface area is 145 Å². The van der Waals surface area contributed by atoms with E-state index in [0.29, 0.717) is 16.8 Å². The molecular weight excluding hydrogens is 342 g/mol. The molecule has 0 saturated heterocycles. The van der Waals surface area contributed by atoms with Gasteiger partial charge in [0.1, 0.15) is 5.82 Å². The fraction of sp³-hybridized carbons (Fsp3) is 0.200. The highest BCUT2D eigenvalue weighted by Gasteiger charge is 2.14. The van der Waals surface area contributed by atoms with Crippen molar-refractivity contribution in [1.29, 1.82) is 0 Å².